The first-order chi connectivity index (χ1) is 15.5. The van der Waals surface area contributed by atoms with Crippen molar-refractivity contribution in [2.75, 3.05) is 6.61 Å². The molecule has 3 N–H and O–H groups in total. The maximum atomic E-state index is 13.0. The number of unbranched alkanes of at least 4 members (excludes halogenated alkanes) is 2. The van der Waals surface area contributed by atoms with Gasteiger partial charge in [0, 0.05) is 6.42 Å². The van der Waals surface area contributed by atoms with Gasteiger partial charge in [-0.3, -0.25) is 4.79 Å². The average molecular weight is 448 g/mol. The molecule has 0 aromatic heterocycles. The lowest BCUT2D eigenvalue weighted by atomic mass is 9.73. The van der Waals surface area contributed by atoms with Crippen molar-refractivity contribution in [3.05, 3.63) is 29.3 Å². The summed E-state index contributed by atoms with van der Waals surface area (Å²) in [6.07, 6.45) is 7.32. The second-order valence-corrected chi connectivity index (χ2v) is 10.1. The Morgan fingerprint density at radius 1 is 1.25 bits per heavy atom. The number of carbonyl (C=O) groups is 1. The van der Waals surface area contributed by atoms with Crippen LogP contribution in [0.2, 0.25) is 0 Å². The zero-order valence-corrected chi connectivity index (χ0v) is 19.1. The number of aliphatic hydroxyl groups is 2. The van der Waals surface area contributed by atoms with Crippen LogP contribution in [0.1, 0.15) is 69.4 Å². The summed E-state index contributed by atoms with van der Waals surface area (Å²) in [5.41, 5.74) is 2.38. The van der Waals surface area contributed by atoms with Crippen molar-refractivity contribution in [1.82, 2.24) is 5.32 Å². The summed E-state index contributed by atoms with van der Waals surface area (Å²) in [4.78, 5) is 12.0. The molecule has 7 atom stereocenters. The number of amides is 1. The predicted octanol–water partition coefficient (Wildman–Crippen LogP) is 3.73. The minimum absolute atomic E-state index is 0.102. The summed E-state index contributed by atoms with van der Waals surface area (Å²) in [5.74, 6) is 1.51. The molecule has 1 aromatic rings. The van der Waals surface area contributed by atoms with Crippen molar-refractivity contribution in [2.24, 2.45) is 17.8 Å². The van der Waals surface area contributed by atoms with Crippen LogP contribution in [-0.4, -0.2) is 47.1 Å². The molecule has 2 fully saturated rings. The highest BCUT2D eigenvalue weighted by Gasteiger charge is 2.45. The zero-order valence-electron chi connectivity index (χ0n) is 19.1. The molecule has 1 aromatic carbocycles. The standard InChI is InChI=1S/C26H38FNO4/c1-2-3-4-7-18(29)9-10-19-20-11-16-6-5-8-25(21(16)12-17(20)13-24(19)30)32-15-26(31)28-23-14-22(23)27/h5-6,8,17-20,22-24,29-30H,2-4,7,9-15H2,1H3,(H,28,31)/t17-,18-,19+,20?,22+,23?,24+/m0/s1. The average Bonchev–Trinajstić information content (AvgIpc) is 3.36. The van der Waals surface area contributed by atoms with Gasteiger partial charge >= 0.3 is 0 Å². The van der Waals surface area contributed by atoms with Gasteiger partial charge in [-0.05, 0) is 73.5 Å². The molecule has 2 saturated carbocycles. The van der Waals surface area contributed by atoms with E-state index in [4.69, 9.17) is 4.74 Å². The Morgan fingerprint density at radius 2 is 2.06 bits per heavy atom. The van der Waals surface area contributed by atoms with E-state index in [0.717, 1.165) is 69.1 Å². The van der Waals surface area contributed by atoms with Crippen LogP contribution in [0.25, 0.3) is 0 Å². The molecule has 1 amide bonds. The van der Waals surface area contributed by atoms with E-state index in [9.17, 15) is 19.4 Å². The van der Waals surface area contributed by atoms with Crippen LogP contribution in [0.15, 0.2) is 18.2 Å². The largest absolute Gasteiger partial charge is 0.483 e. The molecule has 178 valence electrons. The molecule has 0 heterocycles. The van der Waals surface area contributed by atoms with Gasteiger partial charge in [-0.25, -0.2) is 4.39 Å². The van der Waals surface area contributed by atoms with Crippen molar-refractivity contribution in [1.29, 1.82) is 0 Å². The lowest BCUT2D eigenvalue weighted by molar-refractivity contribution is -0.123. The second kappa shape index (κ2) is 10.5. The van der Waals surface area contributed by atoms with Gasteiger partial charge in [0.1, 0.15) is 11.9 Å². The highest BCUT2D eigenvalue weighted by molar-refractivity contribution is 5.78. The van der Waals surface area contributed by atoms with E-state index in [1.54, 1.807) is 0 Å². The van der Waals surface area contributed by atoms with E-state index < -0.39 is 6.17 Å². The Balaban J connectivity index is 1.33. The van der Waals surface area contributed by atoms with Crippen LogP contribution in [0, 0.1) is 17.8 Å². The number of benzene rings is 1. The molecule has 2 unspecified atom stereocenters. The number of alkyl halides is 1. The first-order valence-electron chi connectivity index (χ1n) is 12.5. The maximum absolute atomic E-state index is 13.0. The number of carbonyl (C=O) groups excluding carboxylic acids is 1. The molecule has 0 spiro atoms. The van der Waals surface area contributed by atoms with E-state index in [0.29, 0.717) is 18.3 Å². The number of fused-ring (bicyclic) bond motifs is 2. The molecule has 4 rings (SSSR count). The molecule has 0 saturated heterocycles. The van der Waals surface area contributed by atoms with Crippen LogP contribution < -0.4 is 10.1 Å². The number of halogens is 1. The van der Waals surface area contributed by atoms with Crippen LogP contribution in [-0.2, 0) is 17.6 Å². The molecule has 3 aliphatic carbocycles. The quantitative estimate of drug-likeness (QED) is 0.452. The molecule has 5 nitrogen and oxygen atoms in total. The molecule has 0 radical (unpaired) electrons. The van der Waals surface area contributed by atoms with Gasteiger partial charge in [0.05, 0.1) is 18.2 Å². The Kier molecular flexibility index (Phi) is 7.72. The fraction of sp³-hybridized carbons (Fsp3) is 0.731. The minimum atomic E-state index is -0.917. The van der Waals surface area contributed by atoms with Gasteiger partial charge in [0.15, 0.2) is 6.61 Å². The predicted molar refractivity (Wildman–Crippen MR) is 121 cm³/mol. The maximum Gasteiger partial charge on any atom is 0.258 e. The van der Waals surface area contributed by atoms with Crippen LogP contribution >= 0.6 is 0 Å². The van der Waals surface area contributed by atoms with Crippen molar-refractivity contribution in [2.45, 2.75) is 95.6 Å². The number of rotatable bonds is 11. The SMILES string of the molecule is CCCCC[C@H](O)CC[C@@H]1C2Cc3cccc(OCC(=O)NC4C[C@H]4F)c3C[C@H]2C[C@H]1O. The Hall–Kier alpha value is -1.66. The minimum Gasteiger partial charge on any atom is -0.483 e. The van der Waals surface area contributed by atoms with E-state index in [2.05, 4.69) is 18.3 Å². The van der Waals surface area contributed by atoms with Gasteiger partial charge < -0.3 is 20.3 Å². The monoisotopic (exact) mass is 447 g/mol. The van der Waals surface area contributed by atoms with Crippen molar-refractivity contribution in [3.8, 4) is 5.75 Å². The van der Waals surface area contributed by atoms with E-state index in [1.807, 2.05) is 12.1 Å². The van der Waals surface area contributed by atoms with E-state index in [1.165, 1.54) is 5.56 Å². The molecule has 0 bridgehead atoms. The Morgan fingerprint density at radius 3 is 2.81 bits per heavy atom. The first kappa shape index (κ1) is 23.5. The number of ether oxygens (including phenoxy) is 1. The molecule has 3 aliphatic rings. The number of nitrogens with one attached hydrogen (secondary N) is 1. The van der Waals surface area contributed by atoms with Gasteiger partial charge in [0.2, 0.25) is 0 Å². The fourth-order valence-corrected chi connectivity index (χ4v) is 5.80. The number of aliphatic hydroxyl groups excluding tert-OH is 2. The first-order valence-corrected chi connectivity index (χ1v) is 12.5. The smallest absolute Gasteiger partial charge is 0.258 e. The molecular formula is C26H38FNO4. The summed E-state index contributed by atoms with van der Waals surface area (Å²) < 4.78 is 18.8. The van der Waals surface area contributed by atoms with Crippen LogP contribution in [0.5, 0.6) is 5.75 Å². The van der Waals surface area contributed by atoms with E-state index in [-0.39, 0.29) is 36.7 Å². The fourth-order valence-electron chi connectivity index (χ4n) is 5.80. The topological polar surface area (TPSA) is 78.8 Å². The summed E-state index contributed by atoms with van der Waals surface area (Å²) in [7, 11) is 0. The zero-order chi connectivity index (χ0) is 22.7. The highest BCUT2D eigenvalue weighted by Crippen LogP contribution is 2.48. The van der Waals surface area contributed by atoms with Gasteiger partial charge in [-0.2, -0.15) is 0 Å². The van der Waals surface area contributed by atoms with Gasteiger partial charge in [0.25, 0.3) is 5.91 Å². The van der Waals surface area contributed by atoms with Gasteiger partial charge in [-0.15, -0.1) is 0 Å². The lowest BCUT2D eigenvalue weighted by Gasteiger charge is -2.32. The Bertz CT molecular complexity index is 787. The Labute approximate surface area is 190 Å². The third kappa shape index (κ3) is 5.63. The van der Waals surface area contributed by atoms with Crippen molar-refractivity contribution >= 4 is 5.91 Å². The summed E-state index contributed by atoms with van der Waals surface area (Å²) in [6.45, 7) is 2.07. The third-order valence-corrected chi connectivity index (χ3v) is 7.74. The third-order valence-electron chi connectivity index (χ3n) is 7.74. The second-order valence-electron chi connectivity index (χ2n) is 10.1. The summed E-state index contributed by atoms with van der Waals surface area (Å²) in [5, 5.41) is 23.8. The normalized spacial score (nSPS) is 31.5. The summed E-state index contributed by atoms with van der Waals surface area (Å²) >= 11 is 0. The molecule has 0 aliphatic heterocycles. The van der Waals surface area contributed by atoms with Crippen molar-refractivity contribution < 1.29 is 24.1 Å². The van der Waals surface area contributed by atoms with Crippen LogP contribution in [0.4, 0.5) is 4.39 Å². The van der Waals surface area contributed by atoms with E-state index >= 15 is 0 Å². The van der Waals surface area contributed by atoms with Gasteiger partial charge in [-0.1, -0.05) is 38.3 Å². The highest BCUT2D eigenvalue weighted by atomic mass is 19.1. The molecule has 6 heteroatoms. The van der Waals surface area contributed by atoms with Crippen molar-refractivity contribution in [3.63, 3.8) is 0 Å². The number of hydrogen-bond acceptors (Lipinski definition) is 4. The van der Waals surface area contributed by atoms with Crippen LogP contribution in [0.3, 0.4) is 0 Å². The summed E-state index contributed by atoms with van der Waals surface area (Å²) in [6, 6.07) is 5.64. The molecular weight excluding hydrogens is 409 g/mol. The lowest BCUT2D eigenvalue weighted by Crippen LogP contribution is -2.32. The number of hydrogen-bond donors (Lipinski definition) is 3. The molecule has 32 heavy (non-hydrogen) atoms.